The average Bonchev–Trinajstić information content (AvgIpc) is 3.07. The van der Waals surface area contributed by atoms with E-state index in [4.69, 9.17) is 4.74 Å². The van der Waals surface area contributed by atoms with E-state index in [1.54, 1.807) is 0 Å². The minimum absolute atomic E-state index is 0.189. The van der Waals surface area contributed by atoms with Crippen LogP contribution in [-0.4, -0.2) is 37.3 Å². The Morgan fingerprint density at radius 1 is 1.11 bits per heavy atom. The zero-order valence-corrected chi connectivity index (χ0v) is 17.8. The molecule has 148 valence electrons. The predicted octanol–water partition coefficient (Wildman–Crippen LogP) is 5.99. The summed E-state index contributed by atoms with van der Waals surface area (Å²) in [6.07, 6.45) is 5.14. The van der Waals surface area contributed by atoms with Gasteiger partial charge in [0.25, 0.3) is 0 Å². The van der Waals surface area contributed by atoms with Gasteiger partial charge in [-0.1, -0.05) is 52.3 Å². The van der Waals surface area contributed by atoms with Crippen LogP contribution in [0.2, 0.25) is 0 Å². The molecule has 2 aromatic rings. The minimum atomic E-state index is -0.241. The standard InChI is InChI=1S/C24H27BrFNO/c25-23-11-4-7-18-6-1-2-10-22(18)24(23)19-8-3-9-20(16-19)28-21-12-15-27(17-21)14-5-13-26/h1-3,6,8-10,16,21H,4-5,7,11-15,17H2. The number of allylic oxidation sites excluding steroid dienone is 1. The first-order chi connectivity index (χ1) is 13.7. The second-order valence-electron chi connectivity index (χ2n) is 7.69. The summed E-state index contributed by atoms with van der Waals surface area (Å²) in [5.74, 6) is 0.921. The molecule has 1 aliphatic carbocycles. The van der Waals surface area contributed by atoms with E-state index in [2.05, 4.69) is 63.3 Å². The zero-order chi connectivity index (χ0) is 19.3. The molecule has 0 saturated carbocycles. The Hall–Kier alpha value is -1.65. The van der Waals surface area contributed by atoms with Gasteiger partial charge in [-0.15, -0.1) is 0 Å². The number of rotatable bonds is 6. The van der Waals surface area contributed by atoms with Gasteiger partial charge < -0.3 is 4.74 Å². The molecule has 0 bridgehead atoms. The molecule has 1 saturated heterocycles. The first kappa shape index (κ1) is 19.7. The van der Waals surface area contributed by atoms with Gasteiger partial charge in [0.1, 0.15) is 11.9 Å². The Morgan fingerprint density at radius 2 is 2.00 bits per heavy atom. The van der Waals surface area contributed by atoms with Crippen molar-refractivity contribution in [2.75, 3.05) is 26.3 Å². The molecule has 2 aromatic carbocycles. The van der Waals surface area contributed by atoms with Crippen LogP contribution in [0.3, 0.4) is 0 Å². The molecule has 1 atom stereocenters. The van der Waals surface area contributed by atoms with Gasteiger partial charge in [0.2, 0.25) is 0 Å². The van der Waals surface area contributed by atoms with Gasteiger partial charge in [-0.25, -0.2) is 0 Å². The summed E-state index contributed by atoms with van der Waals surface area (Å²) in [4.78, 5) is 2.30. The van der Waals surface area contributed by atoms with Crippen molar-refractivity contribution in [3.8, 4) is 5.75 Å². The SMILES string of the molecule is FCCCN1CCC(Oc2cccc(C3=C(Br)CCCc4ccccc43)c2)C1. The Labute approximate surface area is 175 Å². The van der Waals surface area contributed by atoms with Crippen LogP contribution in [0.1, 0.15) is 42.4 Å². The largest absolute Gasteiger partial charge is 0.489 e. The molecule has 1 unspecified atom stereocenters. The fraction of sp³-hybridized carbons (Fsp3) is 0.417. The highest BCUT2D eigenvalue weighted by atomic mass is 79.9. The number of fused-ring (bicyclic) bond motifs is 1. The number of benzene rings is 2. The van der Waals surface area contributed by atoms with E-state index in [0.717, 1.165) is 51.1 Å². The van der Waals surface area contributed by atoms with Crippen molar-refractivity contribution < 1.29 is 9.13 Å². The molecule has 0 spiro atoms. The highest BCUT2D eigenvalue weighted by molar-refractivity contribution is 9.11. The van der Waals surface area contributed by atoms with E-state index >= 15 is 0 Å². The van der Waals surface area contributed by atoms with E-state index in [-0.39, 0.29) is 12.8 Å². The van der Waals surface area contributed by atoms with Crippen LogP contribution >= 0.6 is 15.9 Å². The predicted molar refractivity (Wildman–Crippen MR) is 117 cm³/mol. The first-order valence-electron chi connectivity index (χ1n) is 10.3. The lowest BCUT2D eigenvalue weighted by atomic mass is 9.94. The summed E-state index contributed by atoms with van der Waals surface area (Å²) >= 11 is 3.86. The Morgan fingerprint density at radius 3 is 2.89 bits per heavy atom. The second kappa shape index (κ2) is 9.23. The second-order valence-corrected chi connectivity index (χ2v) is 8.65. The zero-order valence-electron chi connectivity index (χ0n) is 16.2. The third-order valence-electron chi connectivity index (χ3n) is 5.66. The molecule has 1 heterocycles. The van der Waals surface area contributed by atoms with Gasteiger partial charge >= 0.3 is 0 Å². The molecule has 0 radical (unpaired) electrons. The van der Waals surface area contributed by atoms with Gasteiger partial charge in [-0.2, -0.15) is 0 Å². The monoisotopic (exact) mass is 443 g/mol. The van der Waals surface area contributed by atoms with Crippen molar-refractivity contribution in [3.63, 3.8) is 0 Å². The Bertz CT molecular complexity index is 850. The molecule has 0 amide bonds. The number of likely N-dealkylation sites (tertiary alicyclic amines) is 1. The third kappa shape index (κ3) is 4.49. The minimum Gasteiger partial charge on any atom is -0.489 e. The number of halogens is 2. The van der Waals surface area contributed by atoms with Crippen molar-refractivity contribution in [3.05, 3.63) is 69.7 Å². The highest BCUT2D eigenvalue weighted by Crippen LogP contribution is 2.38. The van der Waals surface area contributed by atoms with Gasteiger partial charge in [-0.05, 0) is 66.5 Å². The third-order valence-corrected chi connectivity index (χ3v) is 6.46. The van der Waals surface area contributed by atoms with E-state index in [1.165, 1.54) is 26.7 Å². The van der Waals surface area contributed by atoms with E-state index in [0.29, 0.717) is 6.42 Å². The van der Waals surface area contributed by atoms with Gasteiger partial charge in [0.05, 0.1) is 6.67 Å². The van der Waals surface area contributed by atoms with Crippen LogP contribution in [0.15, 0.2) is 53.0 Å². The molecule has 28 heavy (non-hydrogen) atoms. The quantitative estimate of drug-likeness (QED) is 0.543. The summed E-state index contributed by atoms with van der Waals surface area (Å²) < 4.78 is 20.0. The van der Waals surface area contributed by atoms with Crippen LogP contribution in [0.25, 0.3) is 5.57 Å². The summed E-state index contributed by atoms with van der Waals surface area (Å²) in [5, 5.41) is 0. The smallest absolute Gasteiger partial charge is 0.120 e. The molecule has 1 aliphatic heterocycles. The van der Waals surface area contributed by atoms with Crippen LogP contribution < -0.4 is 4.74 Å². The fourth-order valence-electron chi connectivity index (χ4n) is 4.30. The number of hydrogen-bond donors (Lipinski definition) is 0. The van der Waals surface area contributed by atoms with Crippen LogP contribution in [0.5, 0.6) is 5.75 Å². The number of aryl methyl sites for hydroxylation is 1. The lowest BCUT2D eigenvalue weighted by molar-refractivity contribution is 0.198. The number of alkyl halides is 1. The maximum atomic E-state index is 12.4. The topological polar surface area (TPSA) is 12.5 Å². The van der Waals surface area contributed by atoms with Crippen LogP contribution in [-0.2, 0) is 6.42 Å². The van der Waals surface area contributed by atoms with Crippen molar-refractivity contribution in [1.82, 2.24) is 4.90 Å². The van der Waals surface area contributed by atoms with E-state index < -0.39 is 0 Å². The molecule has 4 heteroatoms. The molecule has 0 aromatic heterocycles. The average molecular weight is 444 g/mol. The Balaban J connectivity index is 1.54. The van der Waals surface area contributed by atoms with Crippen LogP contribution in [0.4, 0.5) is 4.39 Å². The maximum Gasteiger partial charge on any atom is 0.120 e. The summed E-state index contributed by atoms with van der Waals surface area (Å²) in [5.41, 5.74) is 5.22. The van der Waals surface area contributed by atoms with Crippen molar-refractivity contribution in [2.24, 2.45) is 0 Å². The molecule has 0 N–H and O–H groups in total. The number of nitrogens with zero attached hydrogens (tertiary/aromatic N) is 1. The molecular weight excluding hydrogens is 417 g/mol. The number of ether oxygens (including phenoxy) is 1. The molecule has 2 aliphatic rings. The normalized spacial score (nSPS) is 20.1. The van der Waals surface area contributed by atoms with Crippen molar-refractivity contribution in [2.45, 2.75) is 38.2 Å². The molecule has 1 fully saturated rings. The Kier molecular flexibility index (Phi) is 6.48. The fourth-order valence-corrected chi connectivity index (χ4v) is 5.02. The van der Waals surface area contributed by atoms with Gasteiger partial charge in [0.15, 0.2) is 0 Å². The van der Waals surface area contributed by atoms with Gasteiger partial charge in [0, 0.05) is 24.1 Å². The summed E-state index contributed by atoms with van der Waals surface area (Å²) in [7, 11) is 0. The summed E-state index contributed by atoms with van der Waals surface area (Å²) in [6.45, 7) is 2.47. The lowest BCUT2D eigenvalue weighted by Crippen LogP contribution is -2.26. The number of hydrogen-bond acceptors (Lipinski definition) is 2. The van der Waals surface area contributed by atoms with Gasteiger partial charge in [-0.3, -0.25) is 9.29 Å². The van der Waals surface area contributed by atoms with Crippen molar-refractivity contribution >= 4 is 21.5 Å². The molecule has 4 rings (SSSR count). The van der Waals surface area contributed by atoms with E-state index in [1.807, 2.05) is 6.07 Å². The molecule has 2 nitrogen and oxygen atoms in total. The maximum absolute atomic E-state index is 12.4. The van der Waals surface area contributed by atoms with Crippen molar-refractivity contribution in [1.29, 1.82) is 0 Å². The molecular formula is C24H27BrFNO. The highest BCUT2D eigenvalue weighted by Gasteiger charge is 2.24. The lowest BCUT2D eigenvalue weighted by Gasteiger charge is -2.18. The first-order valence-corrected chi connectivity index (χ1v) is 11.1. The van der Waals surface area contributed by atoms with Crippen LogP contribution in [0, 0.1) is 0 Å². The van der Waals surface area contributed by atoms with E-state index in [9.17, 15) is 4.39 Å². The summed E-state index contributed by atoms with van der Waals surface area (Å²) in [6, 6.07) is 17.2.